The smallest absolute Gasteiger partial charge is 0.407 e. The molecule has 98 valence electrons. The van der Waals surface area contributed by atoms with Crippen molar-refractivity contribution in [1.82, 2.24) is 5.32 Å². The van der Waals surface area contributed by atoms with Crippen molar-refractivity contribution in [1.29, 1.82) is 0 Å². The highest BCUT2D eigenvalue weighted by Crippen LogP contribution is 2.70. The molecule has 17 heavy (non-hydrogen) atoms. The van der Waals surface area contributed by atoms with Crippen LogP contribution in [0.15, 0.2) is 0 Å². The van der Waals surface area contributed by atoms with Crippen molar-refractivity contribution >= 4 is 6.09 Å². The Morgan fingerprint density at radius 3 is 2.47 bits per heavy atom. The van der Waals surface area contributed by atoms with E-state index in [0.29, 0.717) is 16.9 Å². The van der Waals surface area contributed by atoms with Crippen LogP contribution in [0, 0.1) is 10.8 Å². The van der Waals surface area contributed by atoms with E-state index in [9.17, 15) is 4.79 Å². The van der Waals surface area contributed by atoms with E-state index in [4.69, 9.17) is 4.74 Å². The molecule has 0 saturated heterocycles. The Bertz CT molecular complexity index is 334. The highest BCUT2D eigenvalue weighted by atomic mass is 16.6. The summed E-state index contributed by atoms with van der Waals surface area (Å²) in [6.45, 7) is 10.4. The van der Waals surface area contributed by atoms with Gasteiger partial charge in [0.15, 0.2) is 0 Å². The van der Waals surface area contributed by atoms with Gasteiger partial charge in [-0.3, -0.25) is 0 Å². The molecule has 0 bridgehead atoms. The van der Waals surface area contributed by atoms with E-state index in [1.54, 1.807) is 0 Å². The molecule has 3 atom stereocenters. The maximum absolute atomic E-state index is 11.7. The fourth-order valence-electron chi connectivity index (χ4n) is 3.26. The number of fused-ring (bicyclic) bond motifs is 1. The summed E-state index contributed by atoms with van der Waals surface area (Å²) in [6, 6.07) is 0.297. The summed E-state index contributed by atoms with van der Waals surface area (Å²) in [5.41, 5.74) is 0.584. The summed E-state index contributed by atoms with van der Waals surface area (Å²) in [5, 5.41) is 3.01. The number of ether oxygens (including phenoxy) is 1. The van der Waals surface area contributed by atoms with Crippen LogP contribution in [0.25, 0.3) is 0 Å². The highest BCUT2D eigenvalue weighted by Gasteiger charge is 2.62. The molecule has 0 unspecified atom stereocenters. The Balaban J connectivity index is 1.83. The lowest BCUT2D eigenvalue weighted by molar-refractivity contribution is 0.0476. The predicted octanol–water partition coefficient (Wildman–Crippen LogP) is 3.48. The molecule has 2 aliphatic rings. The van der Waals surface area contributed by atoms with Gasteiger partial charge in [-0.1, -0.05) is 13.8 Å². The predicted molar refractivity (Wildman–Crippen MR) is 67.8 cm³/mol. The molecule has 1 amide bonds. The van der Waals surface area contributed by atoms with E-state index >= 15 is 0 Å². The molecule has 0 aromatic heterocycles. The second-order valence-electron chi connectivity index (χ2n) is 7.38. The van der Waals surface area contributed by atoms with Crippen LogP contribution in [-0.2, 0) is 4.74 Å². The van der Waals surface area contributed by atoms with Crippen molar-refractivity contribution in [3.63, 3.8) is 0 Å². The molecule has 2 rings (SSSR count). The molecule has 0 aromatic carbocycles. The first kappa shape index (κ1) is 12.7. The molecular formula is C14H25NO2. The molecule has 2 aliphatic carbocycles. The second-order valence-corrected chi connectivity index (χ2v) is 7.38. The van der Waals surface area contributed by atoms with Gasteiger partial charge >= 0.3 is 6.09 Å². The van der Waals surface area contributed by atoms with Crippen molar-refractivity contribution in [2.45, 2.75) is 71.9 Å². The maximum Gasteiger partial charge on any atom is 0.407 e. The summed E-state index contributed by atoms with van der Waals surface area (Å²) in [5.74, 6) is 0. The lowest BCUT2D eigenvalue weighted by Gasteiger charge is -2.32. The molecule has 2 fully saturated rings. The van der Waals surface area contributed by atoms with Crippen molar-refractivity contribution in [2.24, 2.45) is 10.8 Å². The summed E-state index contributed by atoms with van der Waals surface area (Å²) in [7, 11) is 0. The molecule has 0 aromatic rings. The third-order valence-corrected chi connectivity index (χ3v) is 4.57. The van der Waals surface area contributed by atoms with Gasteiger partial charge in [0.25, 0.3) is 0 Å². The Morgan fingerprint density at radius 1 is 1.29 bits per heavy atom. The van der Waals surface area contributed by atoms with Crippen LogP contribution in [0.4, 0.5) is 4.79 Å². The SMILES string of the molecule is CC(C)(C)OC(=O)N[C@@H]1CC[C@]2(C)C[C@]2(C)C1. The third kappa shape index (κ3) is 2.58. The minimum atomic E-state index is -0.406. The quantitative estimate of drug-likeness (QED) is 0.760. The van der Waals surface area contributed by atoms with Gasteiger partial charge in [0, 0.05) is 6.04 Å². The first-order chi connectivity index (χ1) is 7.64. The number of carbonyl (C=O) groups excluding carboxylic acids is 1. The van der Waals surface area contributed by atoms with Crippen LogP contribution in [0.2, 0.25) is 0 Å². The number of nitrogens with one attached hydrogen (secondary N) is 1. The van der Waals surface area contributed by atoms with Gasteiger partial charge in [-0.25, -0.2) is 4.79 Å². The van der Waals surface area contributed by atoms with E-state index in [1.807, 2.05) is 20.8 Å². The van der Waals surface area contributed by atoms with Gasteiger partial charge in [-0.15, -0.1) is 0 Å². The fraction of sp³-hybridized carbons (Fsp3) is 0.929. The number of carbonyl (C=O) groups is 1. The topological polar surface area (TPSA) is 38.3 Å². The molecule has 3 heteroatoms. The summed E-state index contributed by atoms with van der Waals surface area (Å²) >= 11 is 0. The normalized spacial score (nSPS) is 40.4. The zero-order chi connectivity index (χ0) is 12.9. The van der Waals surface area contributed by atoms with E-state index in [0.717, 1.165) is 12.8 Å². The Kier molecular flexibility index (Phi) is 2.72. The minimum absolute atomic E-state index is 0.268. The van der Waals surface area contributed by atoms with E-state index in [2.05, 4.69) is 19.2 Å². The zero-order valence-electron chi connectivity index (χ0n) is 11.7. The summed E-state index contributed by atoms with van der Waals surface area (Å²) in [6.07, 6.45) is 4.46. The zero-order valence-corrected chi connectivity index (χ0v) is 11.7. The van der Waals surface area contributed by atoms with Crippen LogP contribution in [0.5, 0.6) is 0 Å². The number of rotatable bonds is 1. The first-order valence-electron chi connectivity index (χ1n) is 6.63. The van der Waals surface area contributed by atoms with Gasteiger partial charge in [-0.2, -0.15) is 0 Å². The van der Waals surface area contributed by atoms with Crippen LogP contribution in [0.1, 0.15) is 60.3 Å². The number of alkyl carbamates (subject to hydrolysis) is 1. The standard InChI is InChI=1S/C14H25NO2/c1-12(2,3)17-11(16)15-10-6-7-13(4)9-14(13,5)8-10/h10H,6-9H2,1-5H3,(H,15,16)/t10-,13-,14+/m1/s1. The van der Waals surface area contributed by atoms with Crippen molar-refractivity contribution in [3.8, 4) is 0 Å². The molecule has 3 nitrogen and oxygen atoms in total. The number of hydrogen-bond acceptors (Lipinski definition) is 2. The van der Waals surface area contributed by atoms with Crippen LogP contribution < -0.4 is 5.32 Å². The van der Waals surface area contributed by atoms with E-state index in [1.165, 1.54) is 12.8 Å². The Labute approximate surface area is 104 Å². The molecule has 0 aliphatic heterocycles. The van der Waals surface area contributed by atoms with Crippen LogP contribution in [0.3, 0.4) is 0 Å². The van der Waals surface area contributed by atoms with Gasteiger partial charge in [0.1, 0.15) is 5.60 Å². The average molecular weight is 239 g/mol. The van der Waals surface area contributed by atoms with Crippen molar-refractivity contribution < 1.29 is 9.53 Å². The molecule has 2 saturated carbocycles. The Hall–Kier alpha value is -0.730. The largest absolute Gasteiger partial charge is 0.444 e. The van der Waals surface area contributed by atoms with Crippen LogP contribution in [-0.4, -0.2) is 17.7 Å². The molecule has 0 radical (unpaired) electrons. The van der Waals surface area contributed by atoms with Gasteiger partial charge in [0.2, 0.25) is 0 Å². The lowest BCUT2D eigenvalue weighted by Crippen LogP contribution is -2.42. The average Bonchev–Trinajstić information content (AvgIpc) is 2.64. The fourth-order valence-corrected chi connectivity index (χ4v) is 3.26. The molecular weight excluding hydrogens is 214 g/mol. The van der Waals surface area contributed by atoms with Crippen molar-refractivity contribution in [3.05, 3.63) is 0 Å². The molecule has 0 spiro atoms. The molecule has 0 heterocycles. The second kappa shape index (κ2) is 3.63. The lowest BCUT2D eigenvalue weighted by atomic mass is 9.79. The monoisotopic (exact) mass is 239 g/mol. The third-order valence-electron chi connectivity index (χ3n) is 4.57. The Morgan fingerprint density at radius 2 is 1.94 bits per heavy atom. The highest BCUT2D eigenvalue weighted by molar-refractivity contribution is 5.68. The van der Waals surface area contributed by atoms with E-state index in [-0.39, 0.29) is 6.09 Å². The minimum Gasteiger partial charge on any atom is -0.444 e. The van der Waals surface area contributed by atoms with Crippen molar-refractivity contribution in [2.75, 3.05) is 0 Å². The van der Waals surface area contributed by atoms with Gasteiger partial charge in [0.05, 0.1) is 0 Å². The number of amides is 1. The van der Waals surface area contributed by atoms with Gasteiger partial charge in [-0.05, 0) is 57.3 Å². The van der Waals surface area contributed by atoms with Crippen LogP contribution >= 0.6 is 0 Å². The first-order valence-corrected chi connectivity index (χ1v) is 6.63. The number of hydrogen-bond donors (Lipinski definition) is 1. The van der Waals surface area contributed by atoms with E-state index < -0.39 is 5.60 Å². The maximum atomic E-state index is 11.7. The summed E-state index contributed by atoms with van der Waals surface area (Å²) in [4.78, 5) is 11.7. The molecule has 1 N–H and O–H groups in total. The van der Waals surface area contributed by atoms with Gasteiger partial charge < -0.3 is 10.1 Å². The summed E-state index contributed by atoms with van der Waals surface area (Å²) < 4.78 is 5.30.